The van der Waals surface area contributed by atoms with Crippen molar-refractivity contribution in [3.63, 3.8) is 0 Å². The summed E-state index contributed by atoms with van der Waals surface area (Å²) in [6, 6.07) is 28.1. The zero-order valence-corrected chi connectivity index (χ0v) is 18.8. The molecule has 0 spiro atoms. The Morgan fingerprint density at radius 2 is 1.64 bits per heavy atom. The Morgan fingerprint density at radius 1 is 0.939 bits per heavy atom. The zero-order valence-electron chi connectivity index (χ0n) is 18.8. The normalized spacial score (nSPS) is 13.4. The van der Waals surface area contributed by atoms with E-state index < -0.39 is 0 Å². The molecule has 2 amide bonds. The molecule has 5 heteroatoms. The van der Waals surface area contributed by atoms with Crippen molar-refractivity contribution in [3.05, 3.63) is 113 Å². The highest BCUT2D eigenvalue weighted by Gasteiger charge is 2.25. The van der Waals surface area contributed by atoms with Gasteiger partial charge in [0.2, 0.25) is 0 Å². The molecule has 0 fully saturated rings. The van der Waals surface area contributed by atoms with E-state index in [9.17, 15) is 4.79 Å². The van der Waals surface area contributed by atoms with Crippen molar-refractivity contribution in [1.29, 1.82) is 0 Å². The Kier molecular flexibility index (Phi) is 5.94. The van der Waals surface area contributed by atoms with E-state index in [0.29, 0.717) is 0 Å². The third kappa shape index (κ3) is 4.53. The van der Waals surface area contributed by atoms with Crippen molar-refractivity contribution in [2.24, 2.45) is 0 Å². The summed E-state index contributed by atoms with van der Waals surface area (Å²) >= 11 is 0. The number of carbonyl (C=O) groups is 1. The van der Waals surface area contributed by atoms with Gasteiger partial charge in [0.05, 0.1) is 17.4 Å². The number of urea groups is 1. The molecular formula is C28H28N4O. The molecule has 3 aromatic carbocycles. The van der Waals surface area contributed by atoms with Gasteiger partial charge in [-0.2, -0.15) is 5.10 Å². The summed E-state index contributed by atoms with van der Waals surface area (Å²) in [4.78, 5) is 13.3. The van der Waals surface area contributed by atoms with Crippen LogP contribution in [0.15, 0.2) is 84.9 Å². The number of nitrogens with one attached hydrogen (secondary N) is 2. The van der Waals surface area contributed by atoms with Crippen LogP contribution in [0.25, 0.3) is 5.69 Å². The molecular weight excluding hydrogens is 408 g/mol. The number of amides is 2. The Hall–Kier alpha value is -3.86. The summed E-state index contributed by atoms with van der Waals surface area (Å²) in [5.41, 5.74) is 6.69. The van der Waals surface area contributed by atoms with Gasteiger partial charge in [-0.15, -0.1) is 0 Å². The van der Waals surface area contributed by atoms with Crippen LogP contribution in [0.2, 0.25) is 0 Å². The lowest BCUT2D eigenvalue weighted by Gasteiger charge is -2.21. The number of fused-ring (bicyclic) bond motifs is 1. The number of nitrogens with zero attached hydrogens (tertiary/aromatic N) is 2. The fourth-order valence-corrected chi connectivity index (χ4v) is 4.57. The average Bonchev–Trinajstić information content (AvgIpc) is 3.44. The van der Waals surface area contributed by atoms with E-state index in [1.54, 1.807) is 0 Å². The second-order valence-electron chi connectivity index (χ2n) is 8.57. The average molecular weight is 437 g/mol. The number of rotatable bonds is 6. The van der Waals surface area contributed by atoms with Gasteiger partial charge in [-0.3, -0.25) is 5.32 Å². The van der Waals surface area contributed by atoms with Crippen LogP contribution in [-0.2, 0) is 19.3 Å². The molecule has 1 heterocycles. The highest BCUT2D eigenvalue weighted by Crippen LogP contribution is 2.31. The fraction of sp³-hybridized carbons (Fsp3) is 0.214. The Bertz CT molecular complexity index is 1250. The molecule has 0 radical (unpaired) electrons. The summed E-state index contributed by atoms with van der Waals surface area (Å²) in [6.07, 6.45) is 3.68. The van der Waals surface area contributed by atoms with Crippen molar-refractivity contribution in [2.75, 3.05) is 5.32 Å². The SMILES string of the molecule is Cc1ccccc1CC(NC(=O)Nc1c2c(nn1-c1ccccc1)CCC2)c1ccccc1. The summed E-state index contributed by atoms with van der Waals surface area (Å²) in [5.74, 6) is 0.772. The van der Waals surface area contributed by atoms with Crippen molar-refractivity contribution in [2.45, 2.75) is 38.6 Å². The minimum absolute atomic E-state index is 0.145. The second kappa shape index (κ2) is 9.33. The molecule has 0 saturated carbocycles. The second-order valence-corrected chi connectivity index (χ2v) is 8.57. The van der Waals surface area contributed by atoms with Gasteiger partial charge in [0.15, 0.2) is 0 Å². The predicted molar refractivity (Wildman–Crippen MR) is 132 cm³/mol. The third-order valence-corrected chi connectivity index (χ3v) is 6.33. The van der Waals surface area contributed by atoms with Gasteiger partial charge in [-0.05, 0) is 61.4 Å². The lowest BCUT2D eigenvalue weighted by Crippen LogP contribution is -2.34. The Labute approximate surface area is 194 Å². The number of anilines is 1. The Balaban J connectivity index is 1.42. The van der Waals surface area contributed by atoms with E-state index in [-0.39, 0.29) is 12.1 Å². The third-order valence-electron chi connectivity index (χ3n) is 6.33. The highest BCUT2D eigenvalue weighted by molar-refractivity contribution is 5.90. The van der Waals surface area contributed by atoms with Gasteiger partial charge < -0.3 is 5.32 Å². The molecule has 5 nitrogen and oxygen atoms in total. The first-order valence-electron chi connectivity index (χ1n) is 11.5. The maximum Gasteiger partial charge on any atom is 0.320 e. The first-order valence-corrected chi connectivity index (χ1v) is 11.5. The van der Waals surface area contributed by atoms with Crippen LogP contribution in [0.4, 0.5) is 10.6 Å². The van der Waals surface area contributed by atoms with Crippen LogP contribution < -0.4 is 10.6 Å². The number of aryl methyl sites for hydroxylation is 2. The molecule has 4 aromatic rings. The lowest BCUT2D eigenvalue weighted by atomic mass is 9.96. The minimum atomic E-state index is -0.218. The van der Waals surface area contributed by atoms with Gasteiger partial charge in [-0.25, -0.2) is 9.48 Å². The number of hydrogen-bond donors (Lipinski definition) is 2. The van der Waals surface area contributed by atoms with E-state index >= 15 is 0 Å². The summed E-state index contributed by atoms with van der Waals surface area (Å²) < 4.78 is 1.86. The van der Waals surface area contributed by atoms with Crippen LogP contribution in [0.5, 0.6) is 0 Å². The van der Waals surface area contributed by atoms with Crippen molar-refractivity contribution >= 4 is 11.8 Å². The maximum atomic E-state index is 13.3. The quantitative estimate of drug-likeness (QED) is 0.403. The molecule has 2 N–H and O–H groups in total. The fourth-order valence-electron chi connectivity index (χ4n) is 4.57. The molecule has 0 saturated heterocycles. The predicted octanol–water partition coefficient (Wildman–Crippen LogP) is 5.77. The van der Waals surface area contributed by atoms with Crippen molar-refractivity contribution in [3.8, 4) is 5.69 Å². The smallest absolute Gasteiger partial charge is 0.320 e. The van der Waals surface area contributed by atoms with Crippen LogP contribution >= 0.6 is 0 Å². The molecule has 33 heavy (non-hydrogen) atoms. The molecule has 1 unspecified atom stereocenters. The molecule has 166 valence electrons. The summed E-state index contributed by atoms with van der Waals surface area (Å²) in [5, 5.41) is 11.2. The van der Waals surface area contributed by atoms with E-state index in [4.69, 9.17) is 5.10 Å². The molecule has 0 bridgehead atoms. The molecule has 1 aliphatic carbocycles. The van der Waals surface area contributed by atoms with Crippen molar-refractivity contribution in [1.82, 2.24) is 15.1 Å². The molecule has 1 aromatic heterocycles. The van der Waals surface area contributed by atoms with Crippen LogP contribution in [0.1, 0.15) is 40.4 Å². The van der Waals surface area contributed by atoms with Crippen LogP contribution in [-0.4, -0.2) is 15.8 Å². The van der Waals surface area contributed by atoms with Gasteiger partial charge in [0.25, 0.3) is 0 Å². The molecule has 1 aliphatic rings. The zero-order chi connectivity index (χ0) is 22.6. The lowest BCUT2D eigenvalue weighted by molar-refractivity contribution is 0.248. The monoisotopic (exact) mass is 436 g/mol. The number of para-hydroxylation sites is 1. The highest BCUT2D eigenvalue weighted by atomic mass is 16.2. The van der Waals surface area contributed by atoms with E-state index in [1.807, 2.05) is 65.3 Å². The summed E-state index contributed by atoms with van der Waals surface area (Å²) in [6.45, 7) is 2.11. The molecule has 0 aliphatic heterocycles. The first-order chi connectivity index (χ1) is 16.2. The van der Waals surface area contributed by atoms with E-state index in [0.717, 1.165) is 54.0 Å². The number of carbonyl (C=O) groups excluding carboxylic acids is 1. The molecule has 1 atom stereocenters. The van der Waals surface area contributed by atoms with Gasteiger partial charge >= 0.3 is 6.03 Å². The van der Waals surface area contributed by atoms with Crippen LogP contribution in [0.3, 0.4) is 0 Å². The standard InChI is InChI=1S/C28H28N4O/c1-20-11-8-9-14-22(20)19-26(21-12-4-2-5-13-21)29-28(33)30-27-24-17-10-18-25(24)31-32(27)23-15-6-3-7-16-23/h2-9,11-16,26H,10,17-19H2,1H3,(H2,29,30,33). The summed E-state index contributed by atoms with van der Waals surface area (Å²) in [7, 11) is 0. The number of aromatic nitrogens is 2. The minimum Gasteiger partial charge on any atom is -0.331 e. The topological polar surface area (TPSA) is 59.0 Å². The van der Waals surface area contributed by atoms with Crippen molar-refractivity contribution < 1.29 is 4.79 Å². The maximum absolute atomic E-state index is 13.3. The van der Waals surface area contributed by atoms with E-state index in [1.165, 1.54) is 11.1 Å². The first kappa shape index (κ1) is 21.0. The van der Waals surface area contributed by atoms with Crippen LogP contribution in [0, 0.1) is 6.92 Å². The Morgan fingerprint density at radius 3 is 2.39 bits per heavy atom. The number of benzene rings is 3. The molecule has 5 rings (SSSR count). The van der Waals surface area contributed by atoms with Gasteiger partial charge in [0, 0.05) is 5.56 Å². The van der Waals surface area contributed by atoms with Gasteiger partial charge in [-0.1, -0.05) is 72.8 Å². The number of hydrogen-bond acceptors (Lipinski definition) is 2. The van der Waals surface area contributed by atoms with E-state index in [2.05, 4.69) is 41.8 Å². The largest absolute Gasteiger partial charge is 0.331 e. The van der Waals surface area contributed by atoms with Gasteiger partial charge in [0.1, 0.15) is 5.82 Å².